The van der Waals surface area contributed by atoms with Gasteiger partial charge >= 0.3 is 10.2 Å². The predicted molar refractivity (Wildman–Crippen MR) is 142 cm³/mol. The third kappa shape index (κ3) is 8.07. The number of carbonyl (C=O) groups excluding carboxylic acids is 2. The van der Waals surface area contributed by atoms with Crippen LogP contribution >= 0.6 is 11.3 Å². The Morgan fingerprint density at radius 2 is 1.84 bits per heavy atom. The van der Waals surface area contributed by atoms with Crippen LogP contribution in [-0.4, -0.2) is 67.2 Å². The van der Waals surface area contributed by atoms with Crippen molar-refractivity contribution in [2.24, 2.45) is 0 Å². The zero-order valence-corrected chi connectivity index (χ0v) is 22.9. The minimum Gasteiger partial charge on any atom is -0.495 e. The molecule has 37 heavy (non-hydrogen) atoms. The van der Waals surface area contributed by atoms with E-state index < -0.39 is 16.1 Å². The third-order valence-corrected chi connectivity index (χ3v) is 7.90. The number of aromatic nitrogens is 2. The number of nitrogens with zero attached hydrogens (tertiary/aromatic N) is 4. The van der Waals surface area contributed by atoms with Crippen LogP contribution in [0, 0.1) is 6.92 Å². The first kappa shape index (κ1) is 28.2. The summed E-state index contributed by atoms with van der Waals surface area (Å²) in [5.41, 5.74) is 1.82. The maximum atomic E-state index is 13.3. The lowest BCUT2D eigenvalue weighted by Crippen LogP contribution is -2.39. The molecule has 2 amide bonds. The van der Waals surface area contributed by atoms with Gasteiger partial charge in [-0.15, -0.1) is 11.3 Å². The summed E-state index contributed by atoms with van der Waals surface area (Å²) in [5.74, 6) is -0.325. The summed E-state index contributed by atoms with van der Waals surface area (Å²) in [6.45, 7) is 2.38. The molecule has 3 rings (SSSR count). The molecular formula is C25H31N5O5S2. The summed E-state index contributed by atoms with van der Waals surface area (Å²) >= 11 is 1.26. The van der Waals surface area contributed by atoms with Crippen LogP contribution in [0.2, 0.25) is 0 Å². The third-order valence-electron chi connectivity index (χ3n) is 5.54. The topological polar surface area (TPSA) is 122 Å². The van der Waals surface area contributed by atoms with Gasteiger partial charge < -0.3 is 9.64 Å². The van der Waals surface area contributed by atoms with E-state index in [9.17, 15) is 18.0 Å². The maximum absolute atomic E-state index is 13.3. The van der Waals surface area contributed by atoms with Gasteiger partial charge in [0.2, 0.25) is 5.91 Å². The van der Waals surface area contributed by atoms with E-state index in [1.165, 1.54) is 31.0 Å². The Morgan fingerprint density at radius 1 is 1.11 bits per heavy atom. The first-order chi connectivity index (χ1) is 17.6. The molecule has 3 aromatic rings. The number of hydrogen-bond donors (Lipinski definition) is 1. The van der Waals surface area contributed by atoms with Crippen molar-refractivity contribution in [3.63, 3.8) is 0 Å². The number of thiazole rings is 1. The molecule has 0 aliphatic rings. The van der Waals surface area contributed by atoms with E-state index >= 15 is 0 Å². The second kappa shape index (κ2) is 12.7. The highest BCUT2D eigenvalue weighted by molar-refractivity contribution is 7.87. The van der Waals surface area contributed by atoms with Crippen molar-refractivity contribution in [1.82, 2.24) is 23.9 Å². The summed E-state index contributed by atoms with van der Waals surface area (Å²) in [6, 6.07) is 13.5. The number of rotatable bonds is 12. The highest BCUT2D eigenvalue weighted by atomic mass is 32.2. The van der Waals surface area contributed by atoms with Crippen LogP contribution in [0.25, 0.3) is 0 Å². The molecule has 1 aromatic carbocycles. The van der Waals surface area contributed by atoms with Gasteiger partial charge in [-0.2, -0.15) is 12.7 Å². The minimum absolute atomic E-state index is 0.0268. The van der Waals surface area contributed by atoms with Crippen molar-refractivity contribution < 1.29 is 22.7 Å². The van der Waals surface area contributed by atoms with Gasteiger partial charge in [-0.05, 0) is 37.5 Å². The number of benzene rings is 1. The van der Waals surface area contributed by atoms with E-state index in [2.05, 4.69) is 9.97 Å². The fraction of sp³-hybridized carbons (Fsp3) is 0.360. The lowest BCUT2D eigenvalue weighted by molar-refractivity contribution is -0.131. The predicted octanol–water partition coefficient (Wildman–Crippen LogP) is 2.60. The lowest BCUT2D eigenvalue weighted by Gasteiger charge is -2.22. The van der Waals surface area contributed by atoms with Crippen LogP contribution in [-0.2, 0) is 34.4 Å². The average Bonchev–Trinajstić information content (AvgIpc) is 3.24. The highest BCUT2D eigenvalue weighted by Crippen LogP contribution is 2.20. The van der Waals surface area contributed by atoms with Crippen LogP contribution in [0.3, 0.4) is 0 Å². The number of carbonyl (C=O) groups is 2. The van der Waals surface area contributed by atoms with Crippen molar-refractivity contribution in [3.05, 3.63) is 75.5 Å². The normalized spacial score (nSPS) is 11.4. The summed E-state index contributed by atoms with van der Waals surface area (Å²) in [7, 11) is 0.253. The Morgan fingerprint density at radius 3 is 2.46 bits per heavy atom. The fourth-order valence-corrected chi connectivity index (χ4v) is 4.92. The molecule has 1 N–H and O–H groups in total. The van der Waals surface area contributed by atoms with Gasteiger partial charge in [0.25, 0.3) is 5.91 Å². The Kier molecular flexibility index (Phi) is 9.73. The van der Waals surface area contributed by atoms with Gasteiger partial charge in [0.1, 0.15) is 16.5 Å². The molecule has 0 unspecified atom stereocenters. The number of methoxy groups -OCH3 is 1. The van der Waals surface area contributed by atoms with Crippen LogP contribution in [0.15, 0.2) is 48.7 Å². The molecule has 0 spiro atoms. The van der Waals surface area contributed by atoms with E-state index in [4.69, 9.17) is 4.74 Å². The largest absolute Gasteiger partial charge is 0.495 e. The Labute approximate surface area is 221 Å². The first-order valence-electron chi connectivity index (χ1n) is 11.6. The van der Waals surface area contributed by atoms with Gasteiger partial charge in [0.05, 0.1) is 26.3 Å². The van der Waals surface area contributed by atoms with E-state index in [1.807, 2.05) is 35.1 Å². The lowest BCUT2D eigenvalue weighted by atomic mass is 10.1. The first-order valence-corrected chi connectivity index (χ1v) is 13.9. The highest BCUT2D eigenvalue weighted by Gasteiger charge is 2.24. The van der Waals surface area contributed by atoms with Crippen LogP contribution in [0.1, 0.15) is 38.1 Å². The Hall–Kier alpha value is -3.35. The molecular weight excluding hydrogens is 514 g/mol. The minimum atomic E-state index is -3.95. The van der Waals surface area contributed by atoms with Gasteiger partial charge in [0, 0.05) is 31.2 Å². The second-order valence-corrected chi connectivity index (χ2v) is 11.7. The van der Waals surface area contributed by atoms with Gasteiger partial charge in [-0.3, -0.25) is 14.6 Å². The fourth-order valence-electron chi connectivity index (χ4n) is 3.46. The molecule has 0 saturated heterocycles. The monoisotopic (exact) mass is 545 g/mol. The number of hydrogen-bond acceptors (Lipinski definition) is 8. The molecule has 10 nitrogen and oxygen atoms in total. The number of nitrogens with one attached hydrogen (secondary N) is 1. The molecule has 2 heterocycles. The van der Waals surface area contributed by atoms with Crippen molar-refractivity contribution in [1.29, 1.82) is 0 Å². The molecule has 2 aromatic heterocycles. The summed E-state index contributed by atoms with van der Waals surface area (Å²) in [4.78, 5) is 36.8. The van der Waals surface area contributed by atoms with E-state index in [0.29, 0.717) is 27.9 Å². The zero-order chi connectivity index (χ0) is 27.0. The molecule has 0 radical (unpaired) electrons. The molecule has 0 fully saturated rings. The standard InChI is InChI=1S/C25H31N5O5S2/c1-18-24(25(32)28-37(33,34)29(2)3)27-22(36-18)17-30(14-8-11-19-9-6-5-7-10-19)23(31)15-20-12-13-21(35-4)16-26-20/h5-7,9-10,12-13,16H,8,11,14-15,17H2,1-4H3,(H,28,32). The number of amides is 2. The second-order valence-electron chi connectivity index (χ2n) is 8.50. The van der Waals surface area contributed by atoms with Crippen LogP contribution in [0.5, 0.6) is 5.75 Å². The van der Waals surface area contributed by atoms with Crippen molar-refractivity contribution in [2.45, 2.75) is 32.7 Å². The summed E-state index contributed by atoms with van der Waals surface area (Å²) in [5, 5.41) is 0.542. The molecule has 12 heteroatoms. The Bertz CT molecular complexity index is 1310. The number of aryl methyl sites for hydroxylation is 2. The van der Waals surface area contributed by atoms with Crippen LogP contribution < -0.4 is 9.46 Å². The molecule has 0 aliphatic heterocycles. The maximum Gasteiger partial charge on any atom is 0.303 e. The number of ether oxygens (including phenoxy) is 1. The number of pyridine rings is 1. The summed E-state index contributed by atoms with van der Waals surface area (Å²) < 4.78 is 32.1. The van der Waals surface area contributed by atoms with E-state index in [-0.39, 0.29) is 24.6 Å². The van der Waals surface area contributed by atoms with Crippen molar-refractivity contribution in [3.8, 4) is 5.75 Å². The van der Waals surface area contributed by atoms with Crippen molar-refractivity contribution >= 4 is 33.4 Å². The van der Waals surface area contributed by atoms with E-state index in [1.54, 1.807) is 37.3 Å². The molecule has 0 aliphatic carbocycles. The van der Waals surface area contributed by atoms with Crippen molar-refractivity contribution in [2.75, 3.05) is 27.7 Å². The quantitative estimate of drug-likeness (QED) is 0.371. The SMILES string of the molecule is COc1ccc(CC(=O)N(CCCc2ccccc2)Cc2nc(C(=O)NS(=O)(=O)N(C)C)c(C)s2)nc1. The zero-order valence-electron chi connectivity index (χ0n) is 21.3. The molecule has 0 saturated carbocycles. The van der Waals surface area contributed by atoms with Gasteiger partial charge in [0.15, 0.2) is 0 Å². The molecule has 0 bridgehead atoms. The van der Waals surface area contributed by atoms with Crippen LogP contribution in [0.4, 0.5) is 0 Å². The van der Waals surface area contributed by atoms with Gasteiger partial charge in [-0.1, -0.05) is 30.3 Å². The smallest absolute Gasteiger partial charge is 0.303 e. The van der Waals surface area contributed by atoms with E-state index in [0.717, 1.165) is 17.1 Å². The Balaban J connectivity index is 1.75. The molecule has 198 valence electrons. The molecule has 0 atom stereocenters. The van der Waals surface area contributed by atoms with Gasteiger partial charge in [-0.25, -0.2) is 9.71 Å². The average molecular weight is 546 g/mol. The summed E-state index contributed by atoms with van der Waals surface area (Å²) in [6.07, 6.45) is 3.22.